The van der Waals surface area contributed by atoms with Crippen LogP contribution in [0.4, 0.5) is 10.2 Å². The summed E-state index contributed by atoms with van der Waals surface area (Å²) in [6, 6.07) is 2.03. The third-order valence-electron chi connectivity index (χ3n) is 3.22. The fraction of sp³-hybridized carbons (Fsp3) is 0.667. The van der Waals surface area contributed by atoms with E-state index in [4.69, 9.17) is 0 Å². The van der Waals surface area contributed by atoms with Crippen LogP contribution in [0.5, 0.6) is 0 Å². The monoisotopic (exact) mass is 282 g/mol. The van der Waals surface area contributed by atoms with E-state index in [9.17, 15) is 4.39 Å². The number of aromatic nitrogens is 1. The fourth-order valence-electron chi connectivity index (χ4n) is 1.53. The van der Waals surface area contributed by atoms with Crippen LogP contribution in [0.3, 0.4) is 0 Å². The van der Waals surface area contributed by atoms with Crippen LogP contribution < -0.4 is 10.6 Å². The molecule has 1 unspecified atom stereocenters. The summed E-state index contributed by atoms with van der Waals surface area (Å²) in [5.74, 6) is 0.0575. The summed E-state index contributed by atoms with van der Waals surface area (Å²) in [5.41, 5.74) is 0.595. The van der Waals surface area contributed by atoms with Crippen molar-refractivity contribution in [2.24, 2.45) is 0 Å². The van der Waals surface area contributed by atoms with Crippen molar-refractivity contribution in [3.8, 4) is 0 Å². The van der Waals surface area contributed by atoms with Gasteiger partial charge in [-0.1, -0.05) is 0 Å². The summed E-state index contributed by atoms with van der Waals surface area (Å²) in [4.78, 5) is 6.16. The molecule has 0 aliphatic rings. The van der Waals surface area contributed by atoms with Gasteiger partial charge in [0.2, 0.25) is 0 Å². The highest BCUT2D eigenvalue weighted by Gasteiger charge is 2.14. The Labute approximate surface area is 121 Å². The molecular formula is C15H27FN4. The van der Waals surface area contributed by atoms with Crippen LogP contribution >= 0.6 is 0 Å². The molecule has 0 amide bonds. The third kappa shape index (κ3) is 5.43. The Balaban J connectivity index is 2.69. The summed E-state index contributed by atoms with van der Waals surface area (Å²) in [6.45, 7) is 9.41. The minimum atomic E-state index is -0.268. The molecule has 0 saturated heterocycles. The first-order valence-electron chi connectivity index (χ1n) is 6.99. The van der Waals surface area contributed by atoms with E-state index < -0.39 is 0 Å². The van der Waals surface area contributed by atoms with Crippen LogP contribution in [0.1, 0.15) is 33.3 Å². The lowest BCUT2D eigenvalue weighted by atomic mass is 10.1. The molecule has 1 atom stereocenters. The summed E-state index contributed by atoms with van der Waals surface area (Å²) in [7, 11) is 4.00. The second kappa shape index (κ2) is 6.99. The smallest absolute Gasteiger partial charge is 0.169 e. The Morgan fingerprint density at radius 2 is 2.00 bits per heavy atom. The standard InChI is InChI=1S/C15H27FN4/c1-11(20(5)6)9-18-14-13(16)12(7-8-17-14)10-19-15(2,3)4/h7-8,11,19H,9-10H2,1-6H3,(H,17,18). The van der Waals surface area contributed by atoms with Gasteiger partial charge in [0.15, 0.2) is 11.6 Å². The predicted molar refractivity (Wildman–Crippen MR) is 82.4 cm³/mol. The molecule has 1 aromatic heterocycles. The van der Waals surface area contributed by atoms with Crippen LogP contribution in [-0.2, 0) is 6.54 Å². The average Bonchev–Trinajstić information content (AvgIpc) is 2.34. The minimum Gasteiger partial charge on any atom is -0.366 e. The highest BCUT2D eigenvalue weighted by Crippen LogP contribution is 2.16. The number of rotatable bonds is 6. The maximum atomic E-state index is 14.3. The van der Waals surface area contributed by atoms with Gasteiger partial charge in [0.25, 0.3) is 0 Å². The van der Waals surface area contributed by atoms with E-state index in [1.165, 1.54) is 0 Å². The predicted octanol–water partition coefficient (Wildman–Crippen LogP) is 2.47. The van der Waals surface area contributed by atoms with Gasteiger partial charge in [-0.3, -0.25) is 0 Å². The fourth-order valence-corrected chi connectivity index (χ4v) is 1.53. The number of likely N-dealkylation sites (N-methyl/N-ethyl adjacent to an activating group) is 1. The van der Waals surface area contributed by atoms with E-state index in [-0.39, 0.29) is 11.4 Å². The van der Waals surface area contributed by atoms with Gasteiger partial charge in [-0.2, -0.15) is 0 Å². The van der Waals surface area contributed by atoms with Crippen LogP contribution in [-0.4, -0.2) is 42.1 Å². The van der Waals surface area contributed by atoms with Gasteiger partial charge in [0.1, 0.15) is 0 Å². The normalized spacial score (nSPS) is 13.6. The van der Waals surface area contributed by atoms with E-state index in [2.05, 4.69) is 48.2 Å². The molecule has 0 aliphatic heterocycles. The van der Waals surface area contributed by atoms with Crippen LogP contribution in [0, 0.1) is 5.82 Å². The maximum Gasteiger partial charge on any atom is 0.169 e. The van der Waals surface area contributed by atoms with Crippen LogP contribution in [0.2, 0.25) is 0 Å². The molecule has 1 heterocycles. The van der Waals surface area contributed by atoms with Crippen molar-refractivity contribution in [3.05, 3.63) is 23.6 Å². The molecule has 0 saturated carbocycles. The van der Waals surface area contributed by atoms with E-state index in [0.29, 0.717) is 30.5 Å². The second-order valence-electron chi connectivity index (χ2n) is 6.43. The van der Waals surface area contributed by atoms with Gasteiger partial charge in [-0.15, -0.1) is 0 Å². The number of anilines is 1. The molecule has 1 aromatic rings. The van der Waals surface area contributed by atoms with Gasteiger partial charge in [-0.05, 0) is 47.9 Å². The number of hydrogen-bond donors (Lipinski definition) is 2. The Bertz CT molecular complexity index is 426. The zero-order valence-corrected chi connectivity index (χ0v) is 13.4. The third-order valence-corrected chi connectivity index (χ3v) is 3.22. The number of pyridine rings is 1. The molecule has 2 N–H and O–H groups in total. The molecule has 1 rings (SSSR count). The lowest BCUT2D eigenvalue weighted by molar-refractivity contribution is 0.325. The van der Waals surface area contributed by atoms with Gasteiger partial charge in [-0.25, -0.2) is 9.37 Å². The van der Waals surface area contributed by atoms with Gasteiger partial charge in [0.05, 0.1) is 0 Å². The minimum absolute atomic E-state index is 0.0389. The molecular weight excluding hydrogens is 255 g/mol. The van der Waals surface area contributed by atoms with Crippen molar-refractivity contribution >= 4 is 5.82 Å². The van der Waals surface area contributed by atoms with Crippen molar-refractivity contribution in [2.75, 3.05) is 26.0 Å². The van der Waals surface area contributed by atoms with E-state index in [1.54, 1.807) is 12.3 Å². The zero-order valence-electron chi connectivity index (χ0n) is 13.4. The number of nitrogens with one attached hydrogen (secondary N) is 2. The first-order valence-corrected chi connectivity index (χ1v) is 6.99. The molecule has 0 aromatic carbocycles. The molecule has 0 radical (unpaired) electrons. The highest BCUT2D eigenvalue weighted by molar-refractivity contribution is 5.40. The number of halogens is 1. The summed E-state index contributed by atoms with van der Waals surface area (Å²) in [5, 5.41) is 6.36. The highest BCUT2D eigenvalue weighted by atomic mass is 19.1. The molecule has 0 bridgehead atoms. The van der Waals surface area contributed by atoms with Crippen molar-refractivity contribution in [3.63, 3.8) is 0 Å². The largest absolute Gasteiger partial charge is 0.366 e. The van der Waals surface area contributed by atoms with E-state index in [0.717, 1.165) is 0 Å². The van der Waals surface area contributed by atoms with Gasteiger partial charge >= 0.3 is 0 Å². The first kappa shape index (κ1) is 16.9. The number of nitrogens with zero attached hydrogens (tertiary/aromatic N) is 2. The Morgan fingerprint density at radius 3 is 2.55 bits per heavy atom. The van der Waals surface area contributed by atoms with Crippen molar-refractivity contribution in [1.29, 1.82) is 0 Å². The first-order chi connectivity index (χ1) is 9.20. The van der Waals surface area contributed by atoms with E-state index >= 15 is 0 Å². The van der Waals surface area contributed by atoms with E-state index in [1.807, 2.05) is 14.1 Å². The lowest BCUT2D eigenvalue weighted by Gasteiger charge is -2.22. The Morgan fingerprint density at radius 1 is 1.35 bits per heavy atom. The molecule has 0 aliphatic carbocycles. The van der Waals surface area contributed by atoms with Crippen LogP contribution in [0.15, 0.2) is 12.3 Å². The lowest BCUT2D eigenvalue weighted by Crippen LogP contribution is -2.35. The van der Waals surface area contributed by atoms with Gasteiger partial charge in [0, 0.05) is 36.4 Å². The zero-order chi connectivity index (χ0) is 15.3. The summed E-state index contributed by atoms with van der Waals surface area (Å²) in [6.07, 6.45) is 1.64. The molecule has 0 spiro atoms. The molecule has 20 heavy (non-hydrogen) atoms. The number of hydrogen-bond acceptors (Lipinski definition) is 4. The second-order valence-corrected chi connectivity index (χ2v) is 6.43. The van der Waals surface area contributed by atoms with Crippen molar-refractivity contribution in [2.45, 2.75) is 45.8 Å². The molecule has 0 fully saturated rings. The molecule has 4 nitrogen and oxygen atoms in total. The SMILES string of the molecule is CC(CNc1nccc(CNC(C)(C)C)c1F)N(C)C. The molecule has 5 heteroatoms. The average molecular weight is 282 g/mol. The quantitative estimate of drug-likeness (QED) is 0.841. The topological polar surface area (TPSA) is 40.2 Å². The Hall–Kier alpha value is -1.20. The van der Waals surface area contributed by atoms with Gasteiger partial charge < -0.3 is 15.5 Å². The van der Waals surface area contributed by atoms with Crippen molar-refractivity contribution in [1.82, 2.24) is 15.2 Å². The summed E-state index contributed by atoms with van der Waals surface area (Å²) < 4.78 is 14.3. The molecule has 114 valence electrons. The maximum absolute atomic E-state index is 14.3. The Kier molecular flexibility index (Phi) is 5.89. The van der Waals surface area contributed by atoms with Crippen LogP contribution in [0.25, 0.3) is 0 Å². The summed E-state index contributed by atoms with van der Waals surface area (Å²) >= 11 is 0. The van der Waals surface area contributed by atoms with Crippen molar-refractivity contribution < 1.29 is 4.39 Å².